The number of nitrogens with one attached hydrogen (secondary N) is 2. The minimum absolute atomic E-state index is 0.153. The van der Waals surface area contributed by atoms with Gasteiger partial charge in [0.1, 0.15) is 0 Å². The molecule has 1 amide bonds. The molecule has 0 bridgehead atoms. The zero-order valence-electron chi connectivity index (χ0n) is 11.0. The first kappa shape index (κ1) is 12.6. The van der Waals surface area contributed by atoms with Crippen LogP contribution < -0.4 is 10.6 Å². The van der Waals surface area contributed by atoms with Crippen molar-refractivity contribution < 1.29 is 9.53 Å². The van der Waals surface area contributed by atoms with Gasteiger partial charge in [-0.1, -0.05) is 24.3 Å². The Hall–Kier alpha value is -1.39. The largest absolute Gasteiger partial charge is 0.375 e. The van der Waals surface area contributed by atoms with Crippen molar-refractivity contribution in [1.29, 1.82) is 0 Å². The lowest BCUT2D eigenvalue weighted by Crippen LogP contribution is -2.34. The highest BCUT2D eigenvalue weighted by atomic mass is 16.5. The van der Waals surface area contributed by atoms with E-state index in [-0.39, 0.29) is 11.9 Å². The molecular formula is C15H20N2O2. The normalized spacial score (nSPS) is 21.8. The molecule has 1 fully saturated rings. The molecule has 1 heterocycles. The van der Waals surface area contributed by atoms with E-state index in [0.717, 1.165) is 12.8 Å². The van der Waals surface area contributed by atoms with Crippen molar-refractivity contribution in [2.75, 3.05) is 13.2 Å². The minimum Gasteiger partial charge on any atom is -0.375 e. The summed E-state index contributed by atoms with van der Waals surface area (Å²) in [5, 5.41) is 6.42. The van der Waals surface area contributed by atoms with Crippen LogP contribution in [0.1, 0.15) is 36.4 Å². The lowest BCUT2D eigenvalue weighted by atomic mass is 9.99. The molecular weight excluding hydrogens is 240 g/mol. The Bertz CT molecular complexity index is 457. The van der Waals surface area contributed by atoms with E-state index in [1.807, 2.05) is 6.07 Å². The predicted octanol–water partition coefficient (Wildman–Crippen LogP) is 1.52. The van der Waals surface area contributed by atoms with Gasteiger partial charge in [0.2, 0.25) is 5.91 Å². The average Bonchev–Trinajstić information content (AvgIpc) is 3.23. The van der Waals surface area contributed by atoms with Crippen molar-refractivity contribution in [3.05, 3.63) is 35.4 Å². The van der Waals surface area contributed by atoms with Gasteiger partial charge in [0.15, 0.2) is 0 Å². The van der Waals surface area contributed by atoms with Crippen LogP contribution in [0.5, 0.6) is 0 Å². The van der Waals surface area contributed by atoms with Crippen LogP contribution in [0.25, 0.3) is 0 Å². The lowest BCUT2D eigenvalue weighted by molar-refractivity contribution is -0.121. The number of amides is 1. The first-order valence-electron chi connectivity index (χ1n) is 7.01. The van der Waals surface area contributed by atoms with Crippen molar-refractivity contribution in [2.24, 2.45) is 0 Å². The smallest absolute Gasteiger partial charge is 0.221 e. The summed E-state index contributed by atoms with van der Waals surface area (Å²) >= 11 is 0. The molecule has 0 saturated heterocycles. The Morgan fingerprint density at radius 1 is 1.32 bits per heavy atom. The Kier molecular flexibility index (Phi) is 3.80. The second kappa shape index (κ2) is 5.72. The van der Waals surface area contributed by atoms with Crippen LogP contribution in [-0.2, 0) is 16.1 Å². The highest BCUT2D eigenvalue weighted by molar-refractivity contribution is 5.76. The standard InChI is InChI=1S/C15H20N2O2/c18-15(17-12-5-6-12)7-8-16-14-10-19-9-11-3-1-2-4-13(11)14/h1-4,12,14,16H,5-10H2,(H,17,18). The van der Waals surface area contributed by atoms with Gasteiger partial charge in [-0.3, -0.25) is 4.79 Å². The quantitative estimate of drug-likeness (QED) is 0.844. The van der Waals surface area contributed by atoms with Crippen LogP contribution in [0.2, 0.25) is 0 Å². The number of rotatable bonds is 5. The van der Waals surface area contributed by atoms with Crippen LogP contribution in [-0.4, -0.2) is 25.1 Å². The number of carbonyl (C=O) groups excluding carboxylic acids is 1. The fourth-order valence-corrected chi connectivity index (χ4v) is 2.44. The molecule has 1 unspecified atom stereocenters. The van der Waals surface area contributed by atoms with E-state index in [4.69, 9.17) is 4.74 Å². The zero-order chi connectivity index (χ0) is 13.1. The zero-order valence-corrected chi connectivity index (χ0v) is 11.0. The number of fused-ring (bicyclic) bond motifs is 1. The van der Waals surface area contributed by atoms with Gasteiger partial charge in [0.05, 0.1) is 19.3 Å². The summed E-state index contributed by atoms with van der Waals surface area (Å²) in [5.41, 5.74) is 2.55. The van der Waals surface area contributed by atoms with Crippen molar-refractivity contribution in [1.82, 2.24) is 10.6 Å². The SMILES string of the molecule is O=C(CCNC1COCc2ccccc21)NC1CC1. The van der Waals surface area contributed by atoms with Crippen molar-refractivity contribution in [3.63, 3.8) is 0 Å². The molecule has 1 aliphatic carbocycles. The van der Waals surface area contributed by atoms with Crippen molar-refractivity contribution in [3.8, 4) is 0 Å². The van der Waals surface area contributed by atoms with Gasteiger partial charge in [-0.15, -0.1) is 0 Å². The van der Waals surface area contributed by atoms with Crippen LogP contribution in [0.15, 0.2) is 24.3 Å². The second-order valence-electron chi connectivity index (χ2n) is 5.31. The third-order valence-corrected chi connectivity index (χ3v) is 3.66. The van der Waals surface area contributed by atoms with E-state index in [9.17, 15) is 4.79 Å². The minimum atomic E-state index is 0.153. The molecule has 102 valence electrons. The summed E-state index contributed by atoms with van der Waals surface area (Å²) in [6, 6.07) is 8.99. The Morgan fingerprint density at radius 3 is 3.00 bits per heavy atom. The van der Waals surface area contributed by atoms with E-state index in [2.05, 4.69) is 28.8 Å². The summed E-state index contributed by atoms with van der Waals surface area (Å²) in [4.78, 5) is 11.6. The third kappa shape index (κ3) is 3.33. The van der Waals surface area contributed by atoms with E-state index in [1.54, 1.807) is 0 Å². The summed E-state index contributed by atoms with van der Waals surface area (Å²) in [6.07, 6.45) is 2.82. The molecule has 3 rings (SSSR count). The Balaban J connectivity index is 1.49. The molecule has 1 aromatic rings. The van der Waals surface area contributed by atoms with E-state index in [1.165, 1.54) is 11.1 Å². The summed E-state index contributed by atoms with van der Waals surface area (Å²) in [5.74, 6) is 0.153. The molecule has 2 aliphatic rings. The van der Waals surface area contributed by atoms with E-state index >= 15 is 0 Å². The molecule has 0 spiro atoms. The third-order valence-electron chi connectivity index (χ3n) is 3.66. The topological polar surface area (TPSA) is 50.4 Å². The maximum atomic E-state index is 11.6. The molecule has 1 saturated carbocycles. The average molecular weight is 260 g/mol. The van der Waals surface area contributed by atoms with Crippen molar-refractivity contribution in [2.45, 2.75) is 38.0 Å². The van der Waals surface area contributed by atoms with Gasteiger partial charge in [-0.05, 0) is 24.0 Å². The van der Waals surface area contributed by atoms with E-state index < -0.39 is 0 Å². The highest BCUT2D eigenvalue weighted by Crippen LogP contribution is 2.24. The fourth-order valence-electron chi connectivity index (χ4n) is 2.44. The number of hydrogen-bond acceptors (Lipinski definition) is 3. The van der Waals surface area contributed by atoms with Gasteiger partial charge in [-0.2, -0.15) is 0 Å². The number of ether oxygens (including phenoxy) is 1. The predicted molar refractivity (Wildman–Crippen MR) is 72.6 cm³/mol. The number of benzene rings is 1. The molecule has 0 radical (unpaired) electrons. The van der Waals surface area contributed by atoms with Gasteiger partial charge < -0.3 is 15.4 Å². The molecule has 1 aromatic carbocycles. The summed E-state index contributed by atoms with van der Waals surface area (Å²) < 4.78 is 5.58. The molecule has 1 aliphatic heterocycles. The molecule has 1 atom stereocenters. The monoisotopic (exact) mass is 260 g/mol. The first-order valence-corrected chi connectivity index (χ1v) is 7.01. The Morgan fingerprint density at radius 2 is 2.16 bits per heavy atom. The summed E-state index contributed by atoms with van der Waals surface area (Å²) in [6.45, 7) is 2.07. The van der Waals surface area contributed by atoms with Gasteiger partial charge >= 0.3 is 0 Å². The van der Waals surface area contributed by atoms with Crippen LogP contribution in [0.3, 0.4) is 0 Å². The molecule has 2 N–H and O–H groups in total. The van der Waals surface area contributed by atoms with Gasteiger partial charge in [0.25, 0.3) is 0 Å². The van der Waals surface area contributed by atoms with Crippen LogP contribution in [0.4, 0.5) is 0 Å². The van der Waals surface area contributed by atoms with Gasteiger partial charge in [-0.25, -0.2) is 0 Å². The molecule has 19 heavy (non-hydrogen) atoms. The maximum Gasteiger partial charge on any atom is 0.221 e. The first-order chi connectivity index (χ1) is 9.33. The fraction of sp³-hybridized carbons (Fsp3) is 0.533. The van der Waals surface area contributed by atoms with Crippen LogP contribution in [0, 0.1) is 0 Å². The second-order valence-corrected chi connectivity index (χ2v) is 5.31. The lowest BCUT2D eigenvalue weighted by Gasteiger charge is -2.26. The van der Waals surface area contributed by atoms with Gasteiger partial charge in [0, 0.05) is 19.0 Å². The van der Waals surface area contributed by atoms with Crippen molar-refractivity contribution >= 4 is 5.91 Å². The van der Waals surface area contributed by atoms with E-state index in [0.29, 0.717) is 32.2 Å². The molecule has 4 heteroatoms. The highest BCUT2D eigenvalue weighted by Gasteiger charge is 2.23. The molecule has 0 aromatic heterocycles. The maximum absolute atomic E-state index is 11.6. The number of hydrogen-bond donors (Lipinski definition) is 2. The summed E-state index contributed by atoms with van der Waals surface area (Å²) in [7, 11) is 0. The van der Waals surface area contributed by atoms with Crippen LogP contribution >= 0.6 is 0 Å². The Labute approximate surface area is 113 Å². The molecule has 4 nitrogen and oxygen atoms in total. The number of carbonyl (C=O) groups is 1.